The SMILES string of the molecule is CCNC(c1cc(C)ccc1Br)c1c(Br)cnn1CC. The highest BCUT2D eigenvalue weighted by molar-refractivity contribution is 9.10. The van der Waals surface area contributed by atoms with E-state index in [1.54, 1.807) is 0 Å². The van der Waals surface area contributed by atoms with Crippen LogP contribution in [0.1, 0.15) is 36.7 Å². The molecule has 0 bridgehead atoms. The standard InChI is InChI=1S/C15H19Br2N3/c1-4-18-14(11-8-10(3)6-7-12(11)16)15-13(17)9-19-20(15)5-2/h6-9,14,18H,4-5H2,1-3H3. The maximum absolute atomic E-state index is 4.43. The molecule has 1 atom stereocenters. The van der Waals surface area contributed by atoms with Gasteiger partial charge in [0.05, 0.1) is 22.4 Å². The molecule has 1 heterocycles. The van der Waals surface area contributed by atoms with Crippen LogP contribution in [0.25, 0.3) is 0 Å². The predicted octanol–water partition coefficient (Wildman–Crippen LogP) is 4.44. The van der Waals surface area contributed by atoms with Crippen LogP contribution in [0, 0.1) is 6.92 Å². The number of aromatic nitrogens is 2. The van der Waals surface area contributed by atoms with Gasteiger partial charge in [-0.1, -0.05) is 40.5 Å². The van der Waals surface area contributed by atoms with E-state index in [1.807, 2.05) is 10.9 Å². The Labute approximate surface area is 137 Å². The Kier molecular flexibility index (Phi) is 5.41. The molecule has 2 rings (SSSR count). The van der Waals surface area contributed by atoms with Gasteiger partial charge in [-0.3, -0.25) is 4.68 Å². The summed E-state index contributed by atoms with van der Waals surface area (Å²) in [5.74, 6) is 0. The summed E-state index contributed by atoms with van der Waals surface area (Å²) in [6, 6.07) is 6.56. The van der Waals surface area contributed by atoms with E-state index in [0.717, 1.165) is 22.0 Å². The zero-order valence-corrected chi connectivity index (χ0v) is 15.1. The molecule has 3 nitrogen and oxygen atoms in total. The van der Waals surface area contributed by atoms with Crippen molar-refractivity contribution in [1.29, 1.82) is 0 Å². The van der Waals surface area contributed by atoms with Crippen LogP contribution in [0.15, 0.2) is 33.3 Å². The first-order valence-corrected chi connectivity index (χ1v) is 8.37. The van der Waals surface area contributed by atoms with Crippen LogP contribution >= 0.6 is 31.9 Å². The van der Waals surface area contributed by atoms with Crippen LogP contribution in [0.5, 0.6) is 0 Å². The van der Waals surface area contributed by atoms with Crippen LogP contribution in [0.3, 0.4) is 0 Å². The van der Waals surface area contributed by atoms with Crippen molar-refractivity contribution in [1.82, 2.24) is 15.1 Å². The molecule has 0 aliphatic carbocycles. The number of halogens is 2. The molecule has 1 N–H and O–H groups in total. The van der Waals surface area contributed by atoms with Gasteiger partial charge in [0.2, 0.25) is 0 Å². The van der Waals surface area contributed by atoms with Gasteiger partial charge in [-0.25, -0.2) is 0 Å². The molecular formula is C15H19Br2N3. The van der Waals surface area contributed by atoms with E-state index in [1.165, 1.54) is 16.8 Å². The molecule has 0 fully saturated rings. The molecule has 1 unspecified atom stereocenters. The van der Waals surface area contributed by atoms with Crippen molar-refractivity contribution in [2.45, 2.75) is 33.4 Å². The van der Waals surface area contributed by atoms with Gasteiger partial charge in [-0.05, 0) is 48.0 Å². The fourth-order valence-corrected chi connectivity index (χ4v) is 3.35. The van der Waals surface area contributed by atoms with Gasteiger partial charge >= 0.3 is 0 Å². The summed E-state index contributed by atoms with van der Waals surface area (Å²) in [5.41, 5.74) is 3.66. The van der Waals surface area contributed by atoms with E-state index < -0.39 is 0 Å². The first-order valence-electron chi connectivity index (χ1n) is 6.79. The average Bonchev–Trinajstić information content (AvgIpc) is 2.80. The Morgan fingerprint density at radius 2 is 2.00 bits per heavy atom. The second-order valence-corrected chi connectivity index (χ2v) is 6.42. The van der Waals surface area contributed by atoms with Gasteiger partial charge in [0.25, 0.3) is 0 Å². The lowest BCUT2D eigenvalue weighted by molar-refractivity contribution is 0.539. The molecule has 2 aromatic rings. The van der Waals surface area contributed by atoms with Gasteiger partial charge in [-0.2, -0.15) is 5.10 Å². The highest BCUT2D eigenvalue weighted by atomic mass is 79.9. The Bertz CT molecular complexity index is 593. The van der Waals surface area contributed by atoms with E-state index in [0.29, 0.717) is 0 Å². The van der Waals surface area contributed by atoms with Crippen molar-refractivity contribution in [3.63, 3.8) is 0 Å². The van der Waals surface area contributed by atoms with E-state index in [-0.39, 0.29) is 6.04 Å². The minimum Gasteiger partial charge on any atom is -0.305 e. The van der Waals surface area contributed by atoms with Crippen molar-refractivity contribution in [2.75, 3.05) is 6.54 Å². The maximum Gasteiger partial charge on any atom is 0.0770 e. The van der Waals surface area contributed by atoms with Crippen LogP contribution < -0.4 is 5.32 Å². The highest BCUT2D eigenvalue weighted by Gasteiger charge is 2.22. The zero-order valence-electron chi connectivity index (χ0n) is 12.0. The second kappa shape index (κ2) is 6.87. The minimum atomic E-state index is 0.117. The molecule has 0 aliphatic rings. The Morgan fingerprint density at radius 3 is 2.65 bits per heavy atom. The Hall–Kier alpha value is -0.650. The number of rotatable bonds is 5. The van der Waals surface area contributed by atoms with Crippen molar-refractivity contribution in [2.24, 2.45) is 0 Å². The fraction of sp³-hybridized carbons (Fsp3) is 0.400. The van der Waals surface area contributed by atoms with Crippen molar-refractivity contribution in [3.8, 4) is 0 Å². The van der Waals surface area contributed by atoms with Crippen molar-refractivity contribution >= 4 is 31.9 Å². The smallest absolute Gasteiger partial charge is 0.0770 e. The molecule has 0 amide bonds. The molecule has 1 aromatic carbocycles. The van der Waals surface area contributed by atoms with E-state index >= 15 is 0 Å². The maximum atomic E-state index is 4.43. The number of nitrogens with zero attached hydrogens (tertiary/aromatic N) is 2. The lowest BCUT2D eigenvalue weighted by Crippen LogP contribution is -2.25. The number of benzene rings is 1. The molecule has 0 aliphatic heterocycles. The monoisotopic (exact) mass is 399 g/mol. The van der Waals surface area contributed by atoms with Crippen LogP contribution in [-0.4, -0.2) is 16.3 Å². The third-order valence-electron chi connectivity index (χ3n) is 3.28. The first-order chi connectivity index (χ1) is 9.58. The molecule has 20 heavy (non-hydrogen) atoms. The quantitative estimate of drug-likeness (QED) is 0.804. The molecule has 0 spiro atoms. The summed E-state index contributed by atoms with van der Waals surface area (Å²) in [4.78, 5) is 0. The molecule has 5 heteroatoms. The van der Waals surface area contributed by atoms with Crippen molar-refractivity contribution < 1.29 is 0 Å². The summed E-state index contributed by atoms with van der Waals surface area (Å²) < 4.78 is 4.19. The highest BCUT2D eigenvalue weighted by Crippen LogP contribution is 2.33. The van der Waals surface area contributed by atoms with Crippen molar-refractivity contribution in [3.05, 3.63) is 50.2 Å². The number of hydrogen-bond donors (Lipinski definition) is 1. The van der Waals surface area contributed by atoms with Gasteiger partial charge in [0, 0.05) is 11.0 Å². The Balaban J connectivity index is 2.56. The van der Waals surface area contributed by atoms with E-state index in [9.17, 15) is 0 Å². The minimum absolute atomic E-state index is 0.117. The molecular weight excluding hydrogens is 382 g/mol. The normalized spacial score (nSPS) is 12.7. The molecule has 0 saturated heterocycles. The largest absolute Gasteiger partial charge is 0.305 e. The van der Waals surface area contributed by atoms with E-state index in [2.05, 4.69) is 81.2 Å². The van der Waals surface area contributed by atoms with Crippen LogP contribution in [-0.2, 0) is 6.54 Å². The van der Waals surface area contributed by atoms with Gasteiger partial charge in [-0.15, -0.1) is 0 Å². The Morgan fingerprint density at radius 1 is 1.25 bits per heavy atom. The fourth-order valence-electron chi connectivity index (χ4n) is 2.35. The lowest BCUT2D eigenvalue weighted by Gasteiger charge is -2.22. The van der Waals surface area contributed by atoms with Gasteiger partial charge < -0.3 is 5.32 Å². The topological polar surface area (TPSA) is 29.9 Å². The summed E-state index contributed by atoms with van der Waals surface area (Å²) >= 11 is 7.30. The predicted molar refractivity (Wildman–Crippen MR) is 90.0 cm³/mol. The lowest BCUT2D eigenvalue weighted by atomic mass is 10.0. The molecule has 1 aromatic heterocycles. The third kappa shape index (κ3) is 3.15. The number of hydrogen-bond acceptors (Lipinski definition) is 2. The molecule has 0 saturated carbocycles. The number of nitrogens with one attached hydrogen (secondary N) is 1. The molecule has 108 valence electrons. The van der Waals surface area contributed by atoms with Gasteiger partial charge in [0.15, 0.2) is 0 Å². The summed E-state index contributed by atoms with van der Waals surface area (Å²) in [6.45, 7) is 8.10. The summed E-state index contributed by atoms with van der Waals surface area (Å²) in [7, 11) is 0. The zero-order chi connectivity index (χ0) is 14.7. The van der Waals surface area contributed by atoms with E-state index in [4.69, 9.17) is 0 Å². The summed E-state index contributed by atoms with van der Waals surface area (Å²) in [6.07, 6.45) is 1.87. The average molecular weight is 401 g/mol. The summed E-state index contributed by atoms with van der Waals surface area (Å²) in [5, 5.41) is 7.99. The first kappa shape index (κ1) is 15.7. The van der Waals surface area contributed by atoms with Gasteiger partial charge in [0.1, 0.15) is 0 Å². The molecule has 0 radical (unpaired) electrons. The van der Waals surface area contributed by atoms with Crippen LogP contribution in [0.2, 0.25) is 0 Å². The third-order valence-corrected chi connectivity index (χ3v) is 4.61. The second-order valence-electron chi connectivity index (χ2n) is 4.71. The van der Waals surface area contributed by atoms with Crippen LogP contribution in [0.4, 0.5) is 0 Å². The number of aryl methyl sites for hydroxylation is 2.